The van der Waals surface area contributed by atoms with Gasteiger partial charge in [0.2, 0.25) is 0 Å². The maximum atomic E-state index is 9.49. The van der Waals surface area contributed by atoms with Gasteiger partial charge >= 0.3 is 40.8 Å². The van der Waals surface area contributed by atoms with Crippen molar-refractivity contribution in [2.45, 2.75) is 30.9 Å². The van der Waals surface area contributed by atoms with Crippen molar-refractivity contribution in [3.05, 3.63) is 0 Å². The van der Waals surface area contributed by atoms with E-state index in [1.54, 1.807) is 6.92 Å². The standard InChI is InChI=1S/C4H8O2.C3H5O.Zn/c1-2-3-4(5)6;1-3-2-4-3;/h2-3H2,1H3,(H,5,6);3H,1-2H2;/q;;+1/p-1. The number of carbonyl (C=O) groups is 1. The van der Waals surface area contributed by atoms with Crippen molar-refractivity contribution in [2.75, 3.05) is 6.61 Å². The van der Waals surface area contributed by atoms with Gasteiger partial charge < -0.3 is 9.90 Å². The van der Waals surface area contributed by atoms with E-state index in [0.717, 1.165) is 6.61 Å². The molecule has 1 saturated heterocycles. The van der Waals surface area contributed by atoms with Crippen molar-refractivity contribution in [3.8, 4) is 0 Å². The van der Waals surface area contributed by atoms with Gasteiger partial charge in [0.1, 0.15) is 0 Å². The predicted molar refractivity (Wildman–Crippen MR) is 34.5 cm³/mol. The summed E-state index contributed by atoms with van der Waals surface area (Å²) in [6, 6.07) is 0. The molecule has 1 atom stereocenters. The van der Waals surface area contributed by atoms with E-state index in [9.17, 15) is 9.90 Å². The van der Waals surface area contributed by atoms with Crippen molar-refractivity contribution in [3.63, 3.8) is 0 Å². The molecule has 0 radical (unpaired) electrons. The van der Waals surface area contributed by atoms with Gasteiger partial charge in [0, 0.05) is 5.97 Å². The molecule has 0 aromatic rings. The fourth-order valence-corrected chi connectivity index (χ4v) is 1.14. The average Bonchev–Trinajstić information content (AvgIpc) is 2.69. The number of hydrogen-bond donors (Lipinski definition) is 0. The van der Waals surface area contributed by atoms with Crippen molar-refractivity contribution in [1.29, 1.82) is 0 Å². The fourth-order valence-electron chi connectivity index (χ4n) is 0.439. The molecule has 11 heavy (non-hydrogen) atoms. The Morgan fingerprint density at radius 3 is 2.36 bits per heavy atom. The van der Waals surface area contributed by atoms with Gasteiger partial charge in [-0.1, -0.05) is 13.3 Å². The molecule has 0 aromatic heterocycles. The van der Waals surface area contributed by atoms with Crippen LogP contribution in [0.5, 0.6) is 0 Å². The van der Waals surface area contributed by atoms with Gasteiger partial charge in [0.15, 0.2) is 0 Å². The number of epoxide rings is 1. The molecule has 1 rings (SSSR count). The van der Waals surface area contributed by atoms with E-state index in [1.807, 2.05) is 0 Å². The van der Waals surface area contributed by atoms with Crippen LogP contribution < -0.4 is 5.11 Å². The molecule has 0 spiro atoms. The van der Waals surface area contributed by atoms with Crippen LogP contribution in [0, 0.1) is 0 Å². The van der Waals surface area contributed by atoms with E-state index in [0.29, 0.717) is 12.5 Å². The zero-order valence-corrected chi connectivity index (χ0v) is 9.80. The molecule has 0 amide bonds. The van der Waals surface area contributed by atoms with Crippen LogP contribution in [-0.2, 0) is 27.8 Å². The number of ether oxygens (including phenoxy) is 1. The van der Waals surface area contributed by atoms with E-state index in [4.69, 9.17) is 4.74 Å². The third-order valence-electron chi connectivity index (χ3n) is 1.18. The molecule has 3 nitrogen and oxygen atoms in total. The third kappa shape index (κ3) is 10.1. The second-order valence-corrected chi connectivity index (χ2v) is 3.58. The van der Waals surface area contributed by atoms with Gasteiger partial charge in [-0.2, -0.15) is 0 Å². The first-order valence-corrected chi connectivity index (χ1v) is 5.91. The molecule has 1 fully saturated rings. The molecule has 0 aliphatic carbocycles. The van der Waals surface area contributed by atoms with Crippen LogP contribution in [0.2, 0.25) is 5.02 Å². The molecule has 1 aliphatic heterocycles. The van der Waals surface area contributed by atoms with Crippen molar-refractivity contribution in [1.82, 2.24) is 0 Å². The summed E-state index contributed by atoms with van der Waals surface area (Å²) in [5, 5.41) is 10.8. The van der Waals surface area contributed by atoms with Crippen LogP contribution in [-0.4, -0.2) is 18.7 Å². The number of rotatable bonds is 3. The zero-order chi connectivity index (χ0) is 8.69. The van der Waals surface area contributed by atoms with Gasteiger partial charge in [-0.25, -0.2) is 0 Å². The van der Waals surface area contributed by atoms with Gasteiger partial charge in [-0.3, -0.25) is 0 Å². The summed E-state index contributed by atoms with van der Waals surface area (Å²) >= 11 is 1.39. The van der Waals surface area contributed by atoms with Gasteiger partial charge in [-0.05, 0) is 6.42 Å². The molecule has 4 heteroatoms. The maximum absolute atomic E-state index is 9.49. The Balaban J connectivity index is 0.000000183. The molecule has 0 bridgehead atoms. The Morgan fingerprint density at radius 2 is 2.36 bits per heavy atom. The van der Waals surface area contributed by atoms with Crippen molar-refractivity contribution in [2.24, 2.45) is 0 Å². The second-order valence-electron chi connectivity index (χ2n) is 2.37. The quantitative estimate of drug-likeness (QED) is 0.481. The topological polar surface area (TPSA) is 52.7 Å². The summed E-state index contributed by atoms with van der Waals surface area (Å²) in [6.07, 6.45) is 1.54. The van der Waals surface area contributed by atoms with E-state index in [2.05, 4.69) is 0 Å². The predicted octanol–water partition coefficient (Wildman–Crippen LogP) is -0.113. The van der Waals surface area contributed by atoms with Crippen LogP contribution in [0.3, 0.4) is 0 Å². The number of hydrogen-bond acceptors (Lipinski definition) is 3. The molecular formula is C7H12O3Zn. The summed E-state index contributed by atoms with van der Waals surface area (Å²) in [7, 11) is 0. The first-order chi connectivity index (χ1) is 5.20. The second kappa shape index (κ2) is 6.74. The van der Waals surface area contributed by atoms with E-state index in [1.165, 1.54) is 23.3 Å². The molecule has 0 N–H and O–H groups in total. The SMILES string of the molecule is CCCC(=O)[O-].[Zn+][CH2]C1CO1. The molecular weight excluding hydrogens is 197 g/mol. The van der Waals surface area contributed by atoms with Crippen LogP contribution in [0.1, 0.15) is 19.8 Å². The Labute approximate surface area is 76.8 Å². The Bertz CT molecular complexity index is 112. The first-order valence-electron chi connectivity index (χ1n) is 3.81. The molecule has 1 unspecified atom stereocenters. The van der Waals surface area contributed by atoms with Gasteiger partial charge in [-0.15, -0.1) is 0 Å². The summed E-state index contributed by atoms with van der Waals surface area (Å²) in [4.78, 5) is 9.49. The molecule has 0 aromatic carbocycles. The van der Waals surface area contributed by atoms with Crippen LogP contribution in [0.25, 0.3) is 0 Å². The Hall–Kier alpha value is 0.0534. The van der Waals surface area contributed by atoms with E-state index >= 15 is 0 Å². The van der Waals surface area contributed by atoms with Gasteiger partial charge in [0.25, 0.3) is 0 Å². The average molecular weight is 210 g/mol. The summed E-state index contributed by atoms with van der Waals surface area (Å²) in [6.45, 7) is 2.84. The number of carboxylic acids is 1. The molecule has 60 valence electrons. The monoisotopic (exact) mass is 208 g/mol. The molecule has 1 heterocycles. The minimum absolute atomic E-state index is 0.181. The number of aliphatic carboxylic acids is 1. The number of carboxylic acid groups (broad SMARTS) is 1. The first kappa shape index (κ1) is 11.1. The summed E-state index contributed by atoms with van der Waals surface area (Å²) in [5.74, 6) is -0.961. The van der Waals surface area contributed by atoms with E-state index in [-0.39, 0.29) is 6.42 Å². The Kier molecular flexibility index (Phi) is 6.78. The normalized spacial score (nSPS) is 20.1. The summed E-state index contributed by atoms with van der Waals surface area (Å²) < 4.78 is 4.89. The molecule has 0 saturated carbocycles. The van der Waals surface area contributed by atoms with Crippen molar-refractivity contribution >= 4 is 5.97 Å². The van der Waals surface area contributed by atoms with Crippen LogP contribution in [0.15, 0.2) is 0 Å². The molecule has 1 aliphatic rings. The number of carbonyl (C=O) groups excluding carboxylic acids is 1. The fraction of sp³-hybridized carbons (Fsp3) is 0.857. The summed E-state index contributed by atoms with van der Waals surface area (Å²) in [5.41, 5.74) is 0. The Morgan fingerprint density at radius 1 is 1.82 bits per heavy atom. The van der Waals surface area contributed by atoms with Gasteiger partial charge in [0.05, 0.1) is 0 Å². The van der Waals surface area contributed by atoms with Crippen LogP contribution in [0.4, 0.5) is 0 Å². The minimum atomic E-state index is -0.961. The zero-order valence-electron chi connectivity index (χ0n) is 6.84. The van der Waals surface area contributed by atoms with E-state index < -0.39 is 5.97 Å². The van der Waals surface area contributed by atoms with Crippen LogP contribution >= 0.6 is 0 Å². The third-order valence-corrected chi connectivity index (χ3v) is 2.53. The van der Waals surface area contributed by atoms with Crippen molar-refractivity contribution < 1.29 is 32.9 Å².